The highest BCUT2D eigenvalue weighted by atomic mass is 32.1. The van der Waals surface area contributed by atoms with Gasteiger partial charge in [-0.3, -0.25) is 4.98 Å². The van der Waals surface area contributed by atoms with Crippen LogP contribution in [0.1, 0.15) is 16.8 Å². The number of thiophene rings is 1. The molecule has 17 heavy (non-hydrogen) atoms. The first-order valence-corrected chi connectivity index (χ1v) is 6.57. The molecule has 0 aliphatic heterocycles. The molecule has 2 heterocycles. The van der Waals surface area contributed by atoms with Gasteiger partial charge in [0.1, 0.15) is 0 Å². The van der Waals surface area contributed by atoms with Gasteiger partial charge in [0.05, 0.1) is 0 Å². The van der Waals surface area contributed by atoms with Crippen molar-refractivity contribution in [1.29, 1.82) is 0 Å². The first kappa shape index (κ1) is 10.5. The Balaban J connectivity index is 1.94. The molecular formula is C15H13NS. The van der Waals surface area contributed by atoms with Crippen molar-refractivity contribution in [3.05, 3.63) is 64.8 Å². The third-order valence-electron chi connectivity index (χ3n) is 2.87. The van der Waals surface area contributed by atoms with E-state index in [1.807, 2.05) is 12.3 Å². The Bertz CT molecular complexity index is 655. The van der Waals surface area contributed by atoms with E-state index in [1.54, 1.807) is 11.3 Å². The van der Waals surface area contributed by atoms with Gasteiger partial charge in [-0.25, -0.2) is 0 Å². The molecule has 0 saturated heterocycles. The van der Waals surface area contributed by atoms with E-state index in [-0.39, 0.29) is 0 Å². The lowest BCUT2D eigenvalue weighted by molar-refractivity contribution is 1.07. The fourth-order valence-corrected chi connectivity index (χ4v) is 2.80. The van der Waals surface area contributed by atoms with Crippen LogP contribution >= 0.6 is 11.3 Å². The van der Waals surface area contributed by atoms with Gasteiger partial charge < -0.3 is 0 Å². The molecule has 0 aliphatic rings. The van der Waals surface area contributed by atoms with Gasteiger partial charge in [0, 0.05) is 23.0 Å². The van der Waals surface area contributed by atoms with E-state index in [4.69, 9.17) is 0 Å². The Kier molecular flexibility index (Phi) is 2.65. The summed E-state index contributed by atoms with van der Waals surface area (Å²) in [6, 6.07) is 13.0. The van der Waals surface area contributed by atoms with Crippen LogP contribution < -0.4 is 0 Å². The van der Waals surface area contributed by atoms with Gasteiger partial charge in [-0.15, -0.1) is 11.3 Å². The molecule has 0 amide bonds. The van der Waals surface area contributed by atoms with E-state index >= 15 is 0 Å². The zero-order valence-corrected chi connectivity index (χ0v) is 10.5. The van der Waals surface area contributed by atoms with Gasteiger partial charge in [0.25, 0.3) is 0 Å². The quantitative estimate of drug-likeness (QED) is 0.653. The van der Waals surface area contributed by atoms with Crippen LogP contribution in [0.5, 0.6) is 0 Å². The van der Waals surface area contributed by atoms with Crippen LogP contribution in [0.25, 0.3) is 10.1 Å². The molecule has 0 aliphatic carbocycles. The Morgan fingerprint density at radius 1 is 1.12 bits per heavy atom. The predicted octanol–water partition coefficient (Wildman–Crippen LogP) is 4.20. The monoisotopic (exact) mass is 239 g/mol. The van der Waals surface area contributed by atoms with Crippen LogP contribution in [0.3, 0.4) is 0 Å². The molecule has 2 heteroatoms. The summed E-state index contributed by atoms with van der Waals surface area (Å²) in [6.07, 6.45) is 2.79. The maximum atomic E-state index is 4.41. The van der Waals surface area contributed by atoms with E-state index in [0.717, 1.165) is 12.1 Å². The highest BCUT2D eigenvalue weighted by Crippen LogP contribution is 2.22. The molecule has 1 aromatic carbocycles. The average Bonchev–Trinajstić information content (AvgIpc) is 2.76. The van der Waals surface area contributed by atoms with Gasteiger partial charge in [0.2, 0.25) is 0 Å². The van der Waals surface area contributed by atoms with Crippen molar-refractivity contribution in [2.24, 2.45) is 0 Å². The fraction of sp³-hybridized carbons (Fsp3) is 0.133. The molecule has 2 aromatic heterocycles. The zero-order valence-electron chi connectivity index (χ0n) is 9.68. The summed E-state index contributed by atoms with van der Waals surface area (Å²) < 4.78 is 1.35. The molecule has 0 N–H and O–H groups in total. The summed E-state index contributed by atoms with van der Waals surface area (Å²) in [5, 5.41) is 3.47. The van der Waals surface area contributed by atoms with E-state index in [9.17, 15) is 0 Å². The van der Waals surface area contributed by atoms with Gasteiger partial charge in [-0.05, 0) is 59.1 Å². The van der Waals surface area contributed by atoms with E-state index in [2.05, 4.69) is 47.6 Å². The van der Waals surface area contributed by atoms with Crippen molar-refractivity contribution < 1.29 is 0 Å². The second-order valence-corrected chi connectivity index (χ2v) is 5.24. The lowest BCUT2D eigenvalue weighted by Crippen LogP contribution is -1.92. The lowest BCUT2D eigenvalue weighted by Gasteiger charge is -2.02. The summed E-state index contributed by atoms with van der Waals surface area (Å²) in [5.74, 6) is 0. The van der Waals surface area contributed by atoms with E-state index in [0.29, 0.717) is 0 Å². The van der Waals surface area contributed by atoms with Crippen molar-refractivity contribution in [2.45, 2.75) is 13.3 Å². The molecule has 0 unspecified atom stereocenters. The Labute approximate surface area is 105 Å². The van der Waals surface area contributed by atoms with E-state index < -0.39 is 0 Å². The topological polar surface area (TPSA) is 12.9 Å². The van der Waals surface area contributed by atoms with Crippen molar-refractivity contribution >= 4 is 21.4 Å². The molecule has 3 rings (SSSR count). The normalized spacial score (nSPS) is 10.9. The SMILES string of the molecule is Cc1ccnc(Cc2ccc3sccc3c2)c1. The second-order valence-electron chi connectivity index (χ2n) is 4.29. The number of aryl methyl sites for hydroxylation is 1. The Hall–Kier alpha value is -1.67. The maximum absolute atomic E-state index is 4.41. The lowest BCUT2D eigenvalue weighted by atomic mass is 10.1. The van der Waals surface area contributed by atoms with Crippen LogP contribution in [0.15, 0.2) is 48.0 Å². The average molecular weight is 239 g/mol. The number of nitrogens with zero attached hydrogens (tertiary/aromatic N) is 1. The van der Waals surface area contributed by atoms with Crippen molar-refractivity contribution in [3.63, 3.8) is 0 Å². The highest BCUT2D eigenvalue weighted by molar-refractivity contribution is 7.17. The smallest absolute Gasteiger partial charge is 0.0450 e. The molecule has 84 valence electrons. The van der Waals surface area contributed by atoms with Crippen molar-refractivity contribution in [3.8, 4) is 0 Å². The Morgan fingerprint density at radius 3 is 2.94 bits per heavy atom. The summed E-state index contributed by atoms with van der Waals surface area (Å²) in [7, 11) is 0. The molecule has 0 spiro atoms. The van der Waals surface area contributed by atoms with Crippen LogP contribution in [-0.4, -0.2) is 4.98 Å². The van der Waals surface area contributed by atoms with Gasteiger partial charge in [-0.2, -0.15) is 0 Å². The second kappa shape index (κ2) is 4.30. The summed E-state index contributed by atoms with van der Waals surface area (Å²) in [5.41, 5.74) is 3.74. The maximum Gasteiger partial charge on any atom is 0.0450 e. The van der Waals surface area contributed by atoms with Crippen LogP contribution in [-0.2, 0) is 6.42 Å². The first-order chi connectivity index (χ1) is 8.31. The van der Waals surface area contributed by atoms with Gasteiger partial charge in [-0.1, -0.05) is 6.07 Å². The molecule has 0 atom stereocenters. The van der Waals surface area contributed by atoms with Crippen molar-refractivity contribution in [1.82, 2.24) is 4.98 Å². The number of aromatic nitrogens is 1. The number of rotatable bonds is 2. The standard InChI is InChI=1S/C15H13NS/c1-11-4-6-16-14(8-11)10-12-2-3-15-13(9-12)5-7-17-15/h2-9H,10H2,1H3. The number of pyridine rings is 1. The highest BCUT2D eigenvalue weighted by Gasteiger charge is 2.00. The molecule has 3 aromatic rings. The molecular weight excluding hydrogens is 226 g/mol. The third-order valence-corrected chi connectivity index (χ3v) is 3.77. The molecule has 1 nitrogen and oxygen atoms in total. The summed E-state index contributed by atoms with van der Waals surface area (Å²) in [4.78, 5) is 4.41. The van der Waals surface area contributed by atoms with Gasteiger partial charge in [0.15, 0.2) is 0 Å². The molecule has 0 radical (unpaired) electrons. The molecule has 0 fully saturated rings. The molecule has 0 saturated carbocycles. The summed E-state index contributed by atoms with van der Waals surface area (Å²) in [6.45, 7) is 2.10. The predicted molar refractivity (Wildman–Crippen MR) is 73.6 cm³/mol. The Morgan fingerprint density at radius 2 is 2.06 bits per heavy atom. The van der Waals surface area contributed by atoms with Gasteiger partial charge >= 0.3 is 0 Å². The van der Waals surface area contributed by atoms with Crippen LogP contribution in [0.2, 0.25) is 0 Å². The minimum atomic E-state index is 0.910. The van der Waals surface area contributed by atoms with E-state index in [1.165, 1.54) is 21.2 Å². The minimum Gasteiger partial charge on any atom is -0.261 e. The van der Waals surface area contributed by atoms with Crippen molar-refractivity contribution in [2.75, 3.05) is 0 Å². The largest absolute Gasteiger partial charge is 0.261 e. The van der Waals surface area contributed by atoms with Crippen LogP contribution in [0, 0.1) is 6.92 Å². The fourth-order valence-electron chi connectivity index (χ4n) is 2.03. The number of fused-ring (bicyclic) bond motifs is 1. The third kappa shape index (κ3) is 2.22. The number of hydrogen-bond acceptors (Lipinski definition) is 2. The first-order valence-electron chi connectivity index (χ1n) is 5.69. The van der Waals surface area contributed by atoms with Crippen LogP contribution in [0.4, 0.5) is 0 Å². The molecule has 0 bridgehead atoms. The zero-order chi connectivity index (χ0) is 11.7. The number of hydrogen-bond donors (Lipinski definition) is 0. The number of benzene rings is 1. The minimum absolute atomic E-state index is 0.910. The summed E-state index contributed by atoms with van der Waals surface area (Å²) >= 11 is 1.79.